The minimum Gasteiger partial charge on any atom is -0.311 e. The maximum absolute atomic E-state index is 3.95. The van der Waals surface area contributed by atoms with Crippen molar-refractivity contribution in [1.82, 2.24) is 10.2 Å². The molecule has 0 amide bonds. The average Bonchev–Trinajstić information content (AvgIpc) is 2.59. The lowest BCUT2D eigenvalue weighted by Crippen LogP contribution is -2.40. The minimum absolute atomic E-state index is 0.797. The van der Waals surface area contributed by atoms with Gasteiger partial charge in [-0.1, -0.05) is 13.8 Å². The number of nitrogens with one attached hydrogen (secondary N) is 1. The SMILES string of the molecule is CCCN1CCCC(NC2CCC(C)CC2)CC1. The number of hydrogen-bond acceptors (Lipinski definition) is 2. The molecule has 2 rings (SSSR count). The van der Waals surface area contributed by atoms with Crippen molar-refractivity contribution >= 4 is 0 Å². The molecule has 2 aliphatic rings. The fourth-order valence-electron chi connectivity index (χ4n) is 3.62. The molecule has 0 radical (unpaired) electrons. The first-order valence-corrected chi connectivity index (χ1v) is 8.26. The van der Waals surface area contributed by atoms with E-state index in [2.05, 4.69) is 24.1 Å². The van der Waals surface area contributed by atoms with Gasteiger partial charge in [0.1, 0.15) is 0 Å². The van der Waals surface area contributed by atoms with E-state index in [4.69, 9.17) is 0 Å². The standard InChI is InChI=1S/C16H32N2/c1-3-11-18-12-4-5-15(10-13-18)17-16-8-6-14(2)7-9-16/h14-17H,3-13H2,1-2H3. The van der Waals surface area contributed by atoms with Crippen LogP contribution in [0, 0.1) is 5.92 Å². The molecular weight excluding hydrogens is 220 g/mol. The van der Waals surface area contributed by atoms with Gasteiger partial charge in [0, 0.05) is 12.1 Å². The molecule has 2 heteroatoms. The van der Waals surface area contributed by atoms with Gasteiger partial charge in [0.2, 0.25) is 0 Å². The van der Waals surface area contributed by atoms with Crippen molar-refractivity contribution in [1.29, 1.82) is 0 Å². The summed E-state index contributed by atoms with van der Waals surface area (Å²) in [4.78, 5) is 2.66. The Labute approximate surface area is 114 Å². The highest BCUT2D eigenvalue weighted by molar-refractivity contribution is 4.81. The van der Waals surface area contributed by atoms with Crippen molar-refractivity contribution < 1.29 is 0 Å². The summed E-state index contributed by atoms with van der Waals surface area (Å²) in [6.45, 7) is 8.64. The highest BCUT2D eigenvalue weighted by Gasteiger charge is 2.22. The van der Waals surface area contributed by atoms with E-state index in [1.807, 2.05) is 0 Å². The normalized spacial score (nSPS) is 35.3. The average molecular weight is 252 g/mol. The number of nitrogens with zero attached hydrogens (tertiary/aromatic N) is 1. The quantitative estimate of drug-likeness (QED) is 0.825. The molecule has 1 unspecified atom stereocenters. The Kier molecular flexibility index (Phi) is 5.97. The second kappa shape index (κ2) is 7.49. The number of hydrogen-bond donors (Lipinski definition) is 1. The van der Waals surface area contributed by atoms with Crippen molar-refractivity contribution in [3.63, 3.8) is 0 Å². The molecule has 1 aliphatic carbocycles. The van der Waals surface area contributed by atoms with E-state index >= 15 is 0 Å². The first-order chi connectivity index (χ1) is 8.78. The second-order valence-electron chi connectivity index (χ2n) is 6.59. The third-order valence-corrected chi connectivity index (χ3v) is 4.85. The van der Waals surface area contributed by atoms with Crippen molar-refractivity contribution in [2.45, 2.75) is 77.3 Å². The van der Waals surface area contributed by atoms with Crippen LogP contribution in [0.4, 0.5) is 0 Å². The van der Waals surface area contributed by atoms with Crippen LogP contribution in [0.3, 0.4) is 0 Å². The zero-order valence-corrected chi connectivity index (χ0v) is 12.5. The van der Waals surface area contributed by atoms with Gasteiger partial charge in [0.25, 0.3) is 0 Å². The fourth-order valence-corrected chi connectivity index (χ4v) is 3.62. The van der Waals surface area contributed by atoms with E-state index in [0.29, 0.717) is 0 Å². The fraction of sp³-hybridized carbons (Fsp3) is 1.00. The minimum atomic E-state index is 0.797. The van der Waals surface area contributed by atoms with Gasteiger partial charge >= 0.3 is 0 Å². The number of rotatable bonds is 4. The highest BCUT2D eigenvalue weighted by atomic mass is 15.1. The van der Waals surface area contributed by atoms with Crippen molar-refractivity contribution in [3.8, 4) is 0 Å². The molecule has 0 aromatic carbocycles. The zero-order valence-electron chi connectivity index (χ0n) is 12.5. The van der Waals surface area contributed by atoms with Crippen molar-refractivity contribution in [3.05, 3.63) is 0 Å². The van der Waals surface area contributed by atoms with E-state index in [0.717, 1.165) is 18.0 Å². The molecule has 1 atom stereocenters. The summed E-state index contributed by atoms with van der Waals surface area (Å²) < 4.78 is 0. The van der Waals surface area contributed by atoms with Gasteiger partial charge in [-0.15, -0.1) is 0 Å². The van der Waals surface area contributed by atoms with Crippen LogP contribution in [-0.4, -0.2) is 36.6 Å². The van der Waals surface area contributed by atoms with E-state index in [-0.39, 0.29) is 0 Å². The Morgan fingerprint density at radius 2 is 1.67 bits per heavy atom. The molecule has 106 valence electrons. The largest absolute Gasteiger partial charge is 0.311 e. The summed E-state index contributed by atoms with van der Waals surface area (Å²) >= 11 is 0. The first-order valence-electron chi connectivity index (χ1n) is 8.26. The molecule has 1 N–H and O–H groups in total. The summed E-state index contributed by atoms with van der Waals surface area (Å²) in [6, 6.07) is 1.62. The predicted octanol–water partition coefficient (Wildman–Crippen LogP) is 3.42. The Morgan fingerprint density at radius 1 is 0.944 bits per heavy atom. The molecule has 0 spiro atoms. The van der Waals surface area contributed by atoms with Gasteiger partial charge in [0.05, 0.1) is 0 Å². The van der Waals surface area contributed by atoms with Gasteiger partial charge in [-0.05, 0) is 76.9 Å². The molecule has 1 aliphatic heterocycles. The van der Waals surface area contributed by atoms with Crippen LogP contribution in [0.2, 0.25) is 0 Å². The summed E-state index contributed by atoms with van der Waals surface area (Å²) in [5.74, 6) is 0.970. The third kappa shape index (κ3) is 4.55. The topological polar surface area (TPSA) is 15.3 Å². The molecule has 1 saturated heterocycles. The Morgan fingerprint density at radius 3 is 2.39 bits per heavy atom. The molecule has 0 aromatic heterocycles. The van der Waals surface area contributed by atoms with Gasteiger partial charge in [0.15, 0.2) is 0 Å². The zero-order chi connectivity index (χ0) is 12.8. The Hall–Kier alpha value is -0.0800. The van der Waals surface area contributed by atoms with Crippen LogP contribution < -0.4 is 5.32 Å². The van der Waals surface area contributed by atoms with E-state index in [1.165, 1.54) is 71.0 Å². The molecule has 2 fully saturated rings. The van der Waals surface area contributed by atoms with Crippen molar-refractivity contribution in [2.75, 3.05) is 19.6 Å². The predicted molar refractivity (Wildman–Crippen MR) is 78.9 cm³/mol. The van der Waals surface area contributed by atoms with Gasteiger partial charge in [-0.25, -0.2) is 0 Å². The maximum atomic E-state index is 3.95. The summed E-state index contributed by atoms with van der Waals surface area (Å²) in [7, 11) is 0. The van der Waals surface area contributed by atoms with Crippen LogP contribution in [-0.2, 0) is 0 Å². The molecule has 0 bridgehead atoms. The smallest absolute Gasteiger partial charge is 0.00823 e. The summed E-state index contributed by atoms with van der Waals surface area (Å²) in [5, 5.41) is 3.95. The van der Waals surface area contributed by atoms with Crippen LogP contribution >= 0.6 is 0 Å². The second-order valence-corrected chi connectivity index (χ2v) is 6.59. The highest BCUT2D eigenvalue weighted by Crippen LogP contribution is 2.24. The van der Waals surface area contributed by atoms with Crippen molar-refractivity contribution in [2.24, 2.45) is 5.92 Å². The van der Waals surface area contributed by atoms with E-state index in [9.17, 15) is 0 Å². The lowest BCUT2D eigenvalue weighted by atomic mass is 9.87. The summed E-state index contributed by atoms with van der Waals surface area (Å²) in [6.07, 6.45) is 11.2. The monoisotopic (exact) mass is 252 g/mol. The van der Waals surface area contributed by atoms with Gasteiger partial charge < -0.3 is 10.2 Å². The molecule has 0 aromatic rings. The van der Waals surface area contributed by atoms with Crippen LogP contribution in [0.15, 0.2) is 0 Å². The van der Waals surface area contributed by atoms with E-state index < -0.39 is 0 Å². The van der Waals surface area contributed by atoms with Gasteiger partial charge in [-0.2, -0.15) is 0 Å². The van der Waals surface area contributed by atoms with Crippen LogP contribution in [0.5, 0.6) is 0 Å². The number of likely N-dealkylation sites (tertiary alicyclic amines) is 1. The van der Waals surface area contributed by atoms with Crippen LogP contribution in [0.1, 0.15) is 65.2 Å². The molecule has 2 nitrogen and oxygen atoms in total. The maximum Gasteiger partial charge on any atom is 0.00823 e. The van der Waals surface area contributed by atoms with Gasteiger partial charge in [-0.3, -0.25) is 0 Å². The first kappa shape index (κ1) is 14.3. The molecular formula is C16H32N2. The molecule has 18 heavy (non-hydrogen) atoms. The third-order valence-electron chi connectivity index (χ3n) is 4.85. The lowest BCUT2D eigenvalue weighted by Gasteiger charge is -2.30. The Balaban J connectivity index is 1.70. The Bertz CT molecular complexity index is 221. The van der Waals surface area contributed by atoms with Crippen LogP contribution in [0.25, 0.3) is 0 Å². The summed E-state index contributed by atoms with van der Waals surface area (Å²) in [5.41, 5.74) is 0. The molecule has 1 heterocycles. The molecule has 1 saturated carbocycles. The lowest BCUT2D eigenvalue weighted by molar-refractivity contribution is 0.265. The van der Waals surface area contributed by atoms with E-state index in [1.54, 1.807) is 0 Å².